The number of hydrogen-bond donors (Lipinski definition) is 1. The summed E-state index contributed by atoms with van der Waals surface area (Å²) >= 11 is 0. The lowest BCUT2D eigenvalue weighted by Crippen LogP contribution is -2.25. The standard InChI is InChI=1S/C14H20FN3/c1-9(7-16)8-18(4)14-5-10(2)13(15)6-12(14)11(3)17/h5-6,9,11H,8,17H2,1-4H3. The molecule has 2 atom stereocenters. The molecule has 0 aliphatic rings. The summed E-state index contributed by atoms with van der Waals surface area (Å²) in [4.78, 5) is 1.96. The van der Waals surface area contributed by atoms with Crippen LogP contribution in [0.5, 0.6) is 0 Å². The van der Waals surface area contributed by atoms with Gasteiger partial charge in [-0.05, 0) is 44.0 Å². The lowest BCUT2D eigenvalue weighted by atomic mass is 10.0. The van der Waals surface area contributed by atoms with Crippen molar-refractivity contribution in [3.63, 3.8) is 0 Å². The summed E-state index contributed by atoms with van der Waals surface area (Å²) in [6.45, 7) is 6.01. The van der Waals surface area contributed by atoms with Gasteiger partial charge in [0.15, 0.2) is 0 Å². The van der Waals surface area contributed by atoms with Crippen molar-refractivity contribution in [1.82, 2.24) is 0 Å². The van der Waals surface area contributed by atoms with E-state index in [2.05, 4.69) is 6.07 Å². The van der Waals surface area contributed by atoms with Crippen molar-refractivity contribution in [3.05, 3.63) is 29.1 Å². The van der Waals surface area contributed by atoms with Gasteiger partial charge < -0.3 is 10.6 Å². The second-order valence-electron chi connectivity index (χ2n) is 4.86. The third-order valence-corrected chi connectivity index (χ3v) is 2.98. The van der Waals surface area contributed by atoms with Gasteiger partial charge in [-0.25, -0.2) is 4.39 Å². The Balaban J connectivity index is 3.14. The number of nitriles is 1. The Bertz CT molecular complexity index is 463. The molecule has 0 amide bonds. The van der Waals surface area contributed by atoms with Crippen molar-refractivity contribution >= 4 is 5.69 Å². The number of halogens is 1. The normalized spacial score (nSPS) is 13.8. The highest BCUT2D eigenvalue weighted by atomic mass is 19.1. The van der Waals surface area contributed by atoms with Crippen LogP contribution in [0, 0.1) is 30.0 Å². The zero-order chi connectivity index (χ0) is 13.9. The van der Waals surface area contributed by atoms with Gasteiger partial charge in [0.1, 0.15) is 5.82 Å². The number of rotatable bonds is 4. The third kappa shape index (κ3) is 3.21. The van der Waals surface area contributed by atoms with Crippen LogP contribution in [0.2, 0.25) is 0 Å². The van der Waals surface area contributed by atoms with Gasteiger partial charge in [-0.3, -0.25) is 0 Å². The Morgan fingerprint density at radius 1 is 1.44 bits per heavy atom. The highest BCUT2D eigenvalue weighted by Gasteiger charge is 2.15. The van der Waals surface area contributed by atoms with E-state index in [1.165, 1.54) is 6.07 Å². The highest BCUT2D eigenvalue weighted by molar-refractivity contribution is 5.56. The van der Waals surface area contributed by atoms with Crippen molar-refractivity contribution in [3.8, 4) is 6.07 Å². The zero-order valence-electron chi connectivity index (χ0n) is 11.4. The SMILES string of the molecule is Cc1cc(N(C)CC(C)C#N)c(C(C)N)cc1F. The molecule has 0 aliphatic carbocycles. The van der Waals surface area contributed by atoms with E-state index in [1.54, 1.807) is 13.0 Å². The summed E-state index contributed by atoms with van der Waals surface area (Å²) in [7, 11) is 1.90. The van der Waals surface area contributed by atoms with Crippen LogP contribution in [-0.4, -0.2) is 13.6 Å². The first-order valence-corrected chi connectivity index (χ1v) is 6.03. The van der Waals surface area contributed by atoms with Gasteiger partial charge >= 0.3 is 0 Å². The molecule has 1 rings (SSSR count). The van der Waals surface area contributed by atoms with Crippen LogP contribution >= 0.6 is 0 Å². The van der Waals surface area contributed by atoms with Crippen LogP contribution in [-0.2, 0) is 0 Å². The quantitative estimate of drug-likeness (QED) is 0.892. The summed E-state index contributed by atoms with van der Waals surface area (Å²) in [5.41, 5.74) is 8.13. The van der Waals surface area contributed by atoms with Crippen LogP contribution in [0.15, 0.2) is 12.1 Å². The molecule has 0 aliphatic heterocycles. The van der Waals surface area contributed by atoms with E-state index in [1.807, 2.05) is 25.8 Å². The molecule has 3 nitrogen and oxygen atoms in total. The van der Waals surface area contributed by atoms with Crippen molar-refractivity contribution in [1.29, 1.82) is 5.26 Å². The van der Waals surface area contributed by atoms with Gasteiger partial charge in [-0.1, -0.05) is 0 Å². The maximum Gasteiger partial charge on any atom is 0.126 e. The summed E-state index contributed by atoms with van der Waals surface area (Å²) in [6.07, 6.45) is 0. The molecular weight excluding hydrogens is 229 g/mol. The van der Waals surface area contributed by atoms with E-state index in [4.69, 9.17) is 11.0 Å². The topological polar surface area (TPSA) is 53.0 Å². The summed E-state index contributed by atoms with van der Waals surface area (Å²) in [6, 6.07) is 5.23. The highest BCUT2D eigenvalue weighted by Crippen LogP contribution is 2.28. The number of nitrogens with zero attached hydrogens (tertiary/aromatic N) is 2. The van der Waals surface area contributed by atoms with Crippen LogP contribution < -0.4 is 10.6 Å². The molecule has 0 bridgehead atoms. The minimum absolute atomic E-state index is 0.0821. The van der Waals surface area contributed by atoms with Crippen LogP contribution in [0.3, 0.4) is 0 Å². The van der Waals surface area contributed by atoms with Gasteiger partial charge in [0.25, 0.3) is 0 Å². The van der Waals surface area contributed by atoms with E-state index in [0.29, 0.717) is 12.1 Å². The summed E-state index contributed by atoms with van der Waals surface area (Å²) in [5.74, 6) is -0.325. The Morgan fingerprint density at radius 3 is 2.56 bits per heavy atom. The maximum absolute atomic E-state index is 13.6. The second kappa shape index (κ2) is 5.83. The number of hydrogen-bond acceptors (Lipinski definition) is 3. The fraction of sp³-hybridized carbons (Fsp3) is 0.500. The molecule has 0 heterocycles. The predicted octanol–water partition coefficient (Wildman–Crippen LogP) is 2.75. The average molecular weight is 249 g/mol. The van der Waals surface area contributed by atoms with Gasteiger partial charge in [0, 0.05) is 25.3 Å². The van der Waals surface area contributed by atoms with Crippen LogP contribution in [0.4, 0.5) is 10.1 Å². The molecule has 4 heteroatoms. The van der Waals surface area contributed by atoms with Crippen molar-refractivity contribution in [2.45, 2.75) is 26.8 Å². The number of nitrogens with two attached hydrogens (primary N) is 1. The van der Waals surface area contributed by atoms with Crippen molar-refractivity contribution < 1.29 is 4.39 Å². The van der Waals surface area contributed by atoms with Gasteiger partial charge in [-0.2, -0.15) is 5.26 Å². The maximum atomic E-state index is 13.6. The molecule has 2 N–H and O–H groups in total. The molecule has 1 aromatic rings. The Morgan fingerprint density at radius 2 is 2.06 bits per heavy atom. The first kappa shape index (κ1) is 14.5. The molecule has 0 saturated heterocycles. The van der Waals surface area contributed by atoms with Crippen LogP contribution in [0.25, 0.3) is 0 Å². The van der Waals surface area contributed by atoms with Crippen LogP contribution in [0.1, 0.15) is 31.0 Å². The Kier molecular flexibility index (Phi) is 4.69. The lowest BCUT2D eigenvalue weighted by molar-refractivity contribution is 0.611. The van der Waals surface area contributed by atoms with E-state index < -0.39 is 0 Å². The van der Waals surface area contributed by atoms with Crippen molar-refractivity contribution in [2.24, 2.45) is 11.7 Å². The molecule has 2 unspecified atom stereocenters. The minimum Gasteiger partial charge on any atom is -0.373 e. The zero-order valence-corrected chi connectivity index (χ0v) is 11.4. The summed E-state index contributed by atoms with van der Waals surface area (Å²) < 4.78 is 13.6. The van der Waals surface area contributed by atoms with E-state index in [9.17, 15) is 4.39 Å². The molecule has 0 radical (unpaired) electrons. The monoisotopic (exact) mass is 249 g/mol. The van der Waals surface area contributed by atoms with Gasteiger partial charge in [0.05, 0.1) is 12.0 Å². The number of aryl methyl sites for hydroxylation is 1. The number of benzene rings is 1. The molecule has 18 heavy (non-hydrogen) atoms. The van der Waals surface area contributed by atoms with Crippen molar-refractivity contribution in [2.75, 3.05) is 18.5 Å². The smallest absolute Gasteiger partial charge is 0.126 e. The largest absolute Gasteiger partial charge is 0.373 e. The molecular formula is C14H20FN3. The molecule has 0 aromatic heterocycles. The predicted molar refractivity (Wildman–Crippen MR) is 71.8 cm³/mol. The van der Waals surface area contributed by atoms with E-state index >= 15 is 0 Å². The Labute approximate surface area is 108 Å². The number of anilines is 1. The first-order chi connectivity index (χ1) is 8.36. The Hall–Kier alpha value is -1.60. The fourth-order valence-electron chi connectivity index (χ4n) is 1.93. The molecule has 0 spiro atoms. The average Bonchev–Trinajstić information content (AvgIpc) is 2.31. The molecule has 1 aromatic carbocycles. The third-order valence-electron chi connectivity index (χ3n) is 2.98. The molecule has 0 fully saturated rings. The first-order valence-electron chi connectivity index (χ1n) is 6.03. The van der Waals surface area contributed by atoms with Gasteiger partial charge in [-0.15, -0.1) is 0 Å². The van der Waals surface area contributed by atoms with Gasteiger partial charge in [0.2, 0.25) is 0 Å². The van der Waals surface area contributed by atoms with E-state index in [0.717, 1.165) is 11.3 Å². The minimum atomic E-state index is -0.243. The lowest BCUT2D eigenvalue weighted by Gasteiger charge is -2.25. The fourth-order valence-corrected chi connectivity index (χ4v) is 1.93. The van der Waals surface area contributed by atoms with E-state index in [-0.39, 0.29) is 17.8 Å². The summed E-state index contributed by atoms with van der Waals surface area (Å²) in [5, 5.41) is 8.85. The second-order valence-corrected chi connectivity index (χ2v) is 4.86. The molecule has 98 valence electrons. The molecule has 0 saturated carbocycles.